The first-order chi connectivity index (χ1) is 7.26. The van der Waals surface area contributed by atoms with Crippen molar-refractivity contribution >= 4 is 12.4 Å². The highest BCUT2D eigenvalue weighted by atomic mass is 16.6. The number of ether oxygens (including phenoxy) is 1. The normalized spacial score (nSPS) is 30.3. The molecule has 0 aromatic carbocycles. The average Bonchev–Trinajstić information content (AvgIpc) is 2.40. The number of carbonyl (C=O) groups excluding carboxylic acids is 2. The second kappa shape index (κ2) is 4.44. The lowest BCUT2D eigenvalue weighted by atomic mass is 10.0. The van der Waals surface area contributed by atoms with Gasteiger partial charge in [0.1, 0.15) is 11.9 Å². The topological polar surface area (TPSA) is 46.6 Å². The predicted molar refractivity (Wildman–Crippen MR) is 61.2 cm³/mol. The Labute approximate surface area is 96.9 Å². The van der Waals surface area contributed by atoms with E-state index in [1.807, 2.05) is 34.6 Å². The van der Waals surface area contributed by atoms with Gasteiger partial charge in [0.05, 0.1) is 6.04 Å². The molecule has 1 fully saturated rings. The van der Waals surface area contributed by atoms with Gasteiger partial charge in [-0.15, -0.1) is 0 Å². The minimum absolute atomic E-state index is 0.0602. The molecule has 0 spiro atoms. The van der Waals surface area contributed by atoms with Crippen LogP contribution in [0.4, 0.5) is 4.79 Å². The van der Waals surface area contributed by atoms with Gasteiger partial charge in [-0.25, -0.2) is 4.79 Å². The number of amides is 1. The van der Waals surface area contributed by atoms with Gasteiger partial charge in [0, 0.05) is 6.04 Å². The quantitative estimate of drug-likeness (QED) is 0.645. The number of hydrogen-bond acceptors (Lipinski definition) is 3. The van der Waals surface area contributed by atoms with E-state index < -0.39 is 5.60 Å². The van der Waals surface area contributed by atoms with Crippen molar-refractivity contribution in [3.8, 4) is 0 Å². The van der Waals surface area contributed by atoms with Crippen molar-refractivity contribution in [2.24, 2.45) is 5.92 Å². The molecule has 3 atom stereocenters. The SMILES string of the molecule is C[C@H]1CC(C=O)N(C(=O)OC(C)(C)C)[C@H]1C. The highest BCUT2D eigenvalue weighted by Crippen LogP contribution is 2.29. The van der Waals surface area contributed by atoms with Gasteiger partial charge in [-0.1, -0.05) is 6.92 Å². The molecule has 1 rings (SSSR count). The molecule has 1 heterocycles. The summed E-state index contributed by atoms with van der Waals surface area (Å²) in [7, 11) is 0. The molecule has 4 heteroatoms. The number of hydrogen-bond donors (Lipinski definition) is 0. The molecule has 0 aliphatic carbocycles. The molecule has 1 aliphatic rings. The highest BCUT2D eigenvalue weighted by molar-refractivity contribution is 5.75. The Morgan fingerprint density at radius 2 is 1.94 bits per heavy atom. The zero-order valence-corrected chi connectivity index (χ0v) is 10.7. The molecule has 16 heavy (non-hydrogen) atoms. The standard InChI is InChI=1S/C12H21NO3/c1-8-6-10(7-14)13(9(8)2)11(15)16-12(3,4)5/h7-10H,6H2,1-5H3/t8-,9-,10?/m0/s1. The smallest absolute Gasteiger partial charge is 0.411 e. The summed E-state index contributed by atoms with van der Waals surface area (Å²) < 4.78 is 5.30. The minimum Gasteiger partial charge on any atom is -0.444 e. The molecule has 1 aliphatic heterocycles. The Morgan fingerprint density at radius 3 is 2.38 bits per heavy atom. The summed E-state index contributed by atoms with van der Waals surface area (Å²) in [6.07, 6.45) is 1.18. The molecule has 1 unspecified atom stereocenters. The van der Waals surface area contributed by atoms with Gasteiger partial charge >= 0.3 is 6.09 Å². The Morgan fingerprint density at radius 1 is 1.38 bits per heavy atom. The van der Waals surface area contributed by atoms with Crippen LogP contribution >= 0.6 is 0 Å². The summed E-state index contributed by atoms with van der Waals surface area (Å²) >= 11 is 0. The fourth-order valence-corrected chi connectivity index (χ4v) is 2.01. The number of rotatable bonds is 1. The molecule has 0 radical (unpaired) electrons. The van der Waals surface area contributed by atoms with E-state index in [2.05, 4.69) is 0 Å². The lowest BCUT2D eigenvalue weighted by molar-refractivity contribution is -0.112. The van der Waals surface area contributed by atoms with Crippen LogP contribution in [0.3, 0.4) is 0 Å². The van der Waals surface area contributed by atoms with Crippen LogP contribution in [0.1, 0.15) is 41.0 Å². The third-order valence-electron chi connectivity index (χ3n) is 2.99. The molecular weight excluding hydrogens is 206 g/mol. The van der Waals surface area contributed by atoms with Crippen molar-refractivity contribution < 1.29 is 14.3 Å². The van der Waals surface area contributed by atoms with Crippen LogP contribution in [0, 0.1) is 5.92 Å². The van der Waals surface area contributed by atoms with Gasteiger partial charge in [-0.3, -0.25) is 4.90 Å². The van der Waals surface area contributed by atoms with Crippen molar-refractivity contribution in [3.05, 3.63) is 0 Å². The van der Waals surface area contributed by atoms with E-state index >= 15 is 0 Å². The molecule has 0 saturated carbocycles. The first-order valence-electron chi connectivity index (χ1n) is 5.73. The molecule has 0 N–H and O–H groups in total. The maximum atomic E-state index is 11.9. The van der Waals surface area contributed by atoms with E-state index in [1.165, 1.54) is 0 Å². The largest absolute Gasteiger partial charge is 0.444 e. The van der Waals surface area contributed by atoms with Crippen LogP contribution in [0.5, 0.6) is 0 Å². The molecular formula is C12H21NO3. The Balaban J connectivity index is 2.77. The van der Waals surface area contributed by atoms with Gasteiger partial charge < -0.3 is 9.53 Å². The van der Waals surface area contributed by atoms with Crippen molar-refractivity contribution in [2.75, 3.05) is 0 Å². The third-order valence-corrected chi connectivity index (χ3v) is 2.99. The van der Waals surface area contributed by atoms with E-state index in [0.29, 0.717) is 5.92 Å². The number of nitrogens with zero attached hydrogens (tertiary/aromatic N) is 1. The van der Waals surface area contributed by atoms with Crippen molar-refractivity contribution in [2.45, 2.75) is 58.7 Å². The van der Waals surface area contributed by atoms with Gasteiger partial charge in [0.25, 0.3) is 0 Å². The van der Waals surface area contributed by atoms with E-state index in [1.54, 1.807) is 4.90 Å². The first-order valence-corrected chi connectivity index (χ1v) is 5.73. The van der Waals surface area contributed by atoms with Crippen molar-refractivity contribution in [1.29, 1.82) is 0 Å². The van der Waals surface area contributed by atoms with Crippen LogP contribution in [-0.4, -0.2) is 35.0 Å². The Hall–Kier alpha value is -1.06. The summed E-state index contributed by atoms with van der Waals surface area (Å²) in [5, 5.41) is 0. The number of carbonyl (C=O) groups is 2. The Bertz CT molecular complexity index is 282. The zero-order chi connectivity index (χ0) is 12.5. The summed E-state index contributed by atoms with van der Waals surface area (Å²) in [6.45, 7) is 9.48. The molecule has 92 valence electrons. The predicted octanol–water partition coefficient (Wildman–Crippen LogP) is 2.22. The number of aldehydes is 1. The van der Waals surface area contributed by atoms with E-state index in [-0.39, 0.29) is 18.2 Å². The van der Waals surface area contributed by atoms with Gasteiger partial charge in [-0.05, 0) is 40.0 Å². The minimum atomic E-state index is -0.518. The van der Waals surface area contributed by atoms with Gasteiger partial charge in [-0.2, -0.15) is 0 Å². The number of likely N-dealkylation sites (tertiary alicyclic amines) is 1. The summed E-state index contributed by atoms with van der Waals surface area (Å²) in [5.41, 5.74) is -0.518. The summed E-state index contributed by atoms with van der Waals surface area (Å²) in [6, 6.07) is -0.273. The average molecular weight is 227 g/mol. The van der Waals surface area contributed by atoms with Crippen LogP contribution in [0.2, 0.25) is 0 Å². The fraction of sp³-hybridized carbons (Fsp3) is 0.833. The Kier molecular flexibility index (Phi) is 3.61. The fourth-order valence-electron chi connectivity index (χ4n) is 2.01. The third kappa shape index (κ3) is 2.74. The maximum Gasteiger partial charge on any atom is 0.411 e. The summed E-state index contributed by atoms with van der Waals surface area (Å²) in [5.74, 6) is 0.336. The van der Waals surface area contributed by atoms with E-state index in [0.717, 1.165) is 12.7 Å². The molecule has 0 bridgehead atoms. The molecule has 0 aromatic heterocycles. The monoisotopic (exact) mass is 227 g/mol. The van der Waals surface area contributed by atoms with Crippen LogP contribution in [0.25, 0.3) is 0 Å². The van der Waals surface area contributed by atoms with Crippen LogP contribution in [-0.2, 0) is 9.53 Å². The van der Waals surface area contributed by atoms with Gasteiger partial charge in [0.2, 0.25) is 0 Å². The van der Waals surface area contributed by atoms with Crippen molar-refractivity contribution in [1.82, 2.24) is 4.90 Å². The van der Waals surface area contributed by atoms with E-state index in [4.69, 9.17) is 4.74 Å². The molecule has 0 aromatic rings. The van der Waals surface area contributed by atoms with Crippen molar-refractivity contribution in [3.63, 3.8) is 0 Å². The molecule has 4 nitrogen and oxygen atoms in total. The zero-order valence-electron chi connectivity index (χ0n) is 10.7. The maximum absolute atomic E-state index is 11.9. The molecule has 1 saturated heterocycles. The van der Waals surface area contributed by atoms with E-state index in [9.17, 15) is 9.59 Å². The lowest BCUT2D eigenvalue weighted by Gasteiger charge is -2.29. The van der Waals surface area contributed by atoms with Crippen LogP contribution in [0.15, 0.2) is 0 Å². The van der Waals surface area contributed by atoms with Crippen LogP contribution < -0.4 is 0 Å². The first kappa shape index (κ1) is 13.0. The second-order valence-corrected chi connectivity index (χ2v) is 5.54. The van der Waals surface area contributed by atoms with Gasteiger partial charge in [0.15, 0.2) is 0 Å². The second-order valence-electron chi connectivity index (χ2n) is 5.54. The summed E-state index contributed by atoms with van der Waals surface area (Å²) in [4.78, 5) is 24.4. The lowest BCUT2D eigenvalue weighted by Crippen LogP contribution is -2.44. The molecule has 1 amide bonds. The highest BCUT2D eigenvalue weighted by Gasteiger charge is 2.40.